The van der Waals surface area contributed by atoms with Crippen LogP contribution in [0.1, 0.15) is 23.5 Å². The fourth-order valence-electron chi connectivity index (χ4n) is 3.59. The van der Waals surface area contributed by atoms with Crippen LogP contribution in [0, 0.1) is 0 Å². The van der Waals surface area contributed by atoms with Crippen molar-refractivity contribution >= 4 is 38.7 Å². The fourth-order valence-corrected chi connectivity index (χ4v) is 4.51. The van der Waals surface area contributed by atoms with Crippen LogP contribution in [0.3, 0.4) is 0 Å². The molecule has 0 spiro atoms. The van der Waals surface area contributed by atoms with Gasteiger partial charge in [0.15, 0.2) is 5.11 Å². The highest BCUT2D eigenvalue weighted by atomic mass is 32.2. The first-order chi connectivity index (χ1) is 14.4. The summed E-state index contributed by atoms with van der Waals surface area (Å²) in [5.41, 5.74) is 2.96. The Hall–Kier alpha value is -3.11. The molecule has 0 saturated carbocycles. The van der Waals surface area contributed by atoms with Gasteiger partial charge in [-0.2, -0.15) is 0 Å². The van der Waals surface area contributed by atoms with E-state index in [4.69, 9.17) is 17.0 Å². The Morgan fingerprint density at radius 1 is 1.20 bits per heavy atom. The van der Waals surface area contributed by atoms with Crippen LogP contribution in [-0.2, 0) is 10.0 Å². The number of sulfonamides is 1. The molecule has 2 aromatic heterocycles. The zero-order chi connectivity index (χ0) is 21.3. The maximum atomic E-state index is 11.7. The maximum Gasteiger partial charge on any atom is 0.229 e. The number of hydrogen-bond donors (Lipinski definition) is 3. The summed E-state index contributed by atoms with van der Waals surface area (Å²) in [6.45, 7) is 0. The molecule has 1 aromatic carbocycles. The van der Waals surface area contributed by atoms with Crippen LogP contribution in [0.15, 0.2) is 60.9 Å². The Bertz CT molecular complexity index is 1150. The number of rotatable bonds is 6. The van der Waals surface area contributed by atoms with E-state index in [0.29, 0.717) is 16.5 Å². The average molecular weight is 444 g/mol. The number of H-pyrrole nitrogens is 1. The van der Waals surface area contributed by atoms with E-state index in [9.17, 15) is 8.42 Å². The highest BCUT2D eigenvalue weighted by molar-refractivity contribution is 7.92. The average Bonchev–Trinajstić information content (AvgIpc) is 3.35. The normalized spacial score (nSPS) is 18.9. The molecule has 3 heterocycles. The van der Waals surface area contributed by atoms with Crippen molar-refractivity contribution in [2.24, 2.45) is 0 Å². The molecule has 10 heteroatoms. The van der Waals surface area contributed by atoms with Gasteiger partial charge in [0.1, 0.15) is 11.8 Å². The highest BCUT2D eigenvalue weighted by Crippen LogP contribution is 2.42. The number of aromatic amines is 1. The standard InChI is InChI=1S/C20H21N5O3S2/c1-28-17-12-13(8-9-14(17)24-30(2,26)27)25-19(16-7-5-11-22-16)18(23-20(25)29)15-6-3-4-10-21-15/h3-12,18-19,22,24H,1-2H3,(H,23,29). The number of nitrogens with zero attached hydrogens (tertiary/aromatic N) is 2. The van der Waals surface area contributed by atoms with E-state index in [2.05, 4.69) is 20.0 Å². The molecule has 0 aliphatic carbocycles. The third-order valence-electron chi connectivity index (χ3n) is 4.80. The van der Waals surface area contributed by atoms with Crippen molar-refractivity contribution in [1.29, 1.82) is 0 Å². The summed E-state index contributed by atoms with van der Waals surface area (Å²) in [5, 5.41) is 3.91. The first kappa shape index (κ1) is 20.2. The number of thiocarbonyl (C=S) groups is 1. The fraction of sp³-hybridized carbons (Fsp3) is 0.200. The second-order valence-electron chi connectivity index (χ2n) is 6.88. The lowest BCUT2D eigenvalue weighted by molar-refractivity contribution is 0.417. The third-order valence-corrected chi connectivity index (χ3v) is 5.70. The monoisotopic (exact) mass is 443 g/mol. The summed E-state index contributed by atoms with van der Waals surface area (Å²) in [6, 6.07) is 14.6. The maximum absolute atomic E-state index is 11.7. The van der Waals surface area contributed by atoms with Crippen molar-refractivity contribution in [3.05, 3.63) is 72.3 Å². The van der Waals surface area contributed by atoms with Crippen LogP contribution in [-0.4, -0.2) is 36.9 Å². The number of pyridine rings is 1. The van der Waals surface area contributed by atoms with E-state index in [1.807, 2.05) is 41.4 Å². The molecule has 1 saturated heterocycles. The number of benzene rings is 1. The molecule has 0 bridgehead atoms. The molecule has 0 radical (unpaired) electrons. The first-order valence-corrected chi connectivity index (χ1v) is 11.5. The molecule has 3 aromatic rings. The van der Waals surface area contributed by atoms with Crippen LogP contribution in [0.2, 0.25) is 0 Å². The Balaban J connectivity index is 1.78. The van der Waals surface area contributed by atoms with Gasteiger partial charge in [0.05, 0.1) is 30.8 Å². The van der Waals surface area contributed by atoms with Gasteiger partial charge >= 0.3 is 0 Å². The predicted molar refractivity (Wildman–Crippen MR) is 120 cm³/mol. The van der Waals surface area contributed by atoms with E-state index in [-0.39, 0.29) is 12.1 Å². The van der Waals surface area contributed by atoms with Crippen LogP contribution >= 0.6 is 12.2 Å². The van der Waals surface area contributed by atoms with Gasteiger partial charge < -0.3 is 19.9 Å². The Morgan fingerprint density at radius 2 is 2.03 bits per heavy atom. The SMILES string of the molecule is COc1cc(N2C(=S)NC(c3ccccn3)C2c2ccc[nH]2)ccc1NS(C)(=O)=O. The molecule has 0 amide bonds. The molecule has 1 aliphatic rings. The van der Waals surface area contributed by atoms with E-state index in [1.165, 1.54) is 7.11 Å². The summed E-state index contributed by atoms with van der Waals surface area (Å²) >= 11 is 5.67. The molecular formula is C20H21N5O3S2. The Morgan fingerprint density at radius 3 is 2.67 bits per heavy atom. The van der Waals surface area contributed by atoms with E-state index in [0.717, 1.165) is 23.3 Å². The van der Waals surface area contributed by atoms with E-state index in [1.54, 1.807) is 24.4 Å². The summed E-state index contributed by atoms with van der Waals surface area (Å²) in [7, 11) is -1.95. The van der Waals surface area contributed by atoms with Crippen molar-refractivity contribution in [2.45, 2.75) is 12.1 Å². The van der Waals surface area contributed by atoms with Crippen molar-refractivity contribution in [2.75, 3.05) is 23.0 Å². The predicted octanol–water partition coefficient (Wildman–Crippen LogP) is 2.97. The molecule has 30 heavy (non-hydrogen) atoms. The van der Waals surface area contributed by atoms with Crippen LogP contribution < -0.4 is 19.7 Å². The second kappa shape index (κ2) is 7.96. The lowest BCUT2D eigenvalue weighted by Gasteiger charge is -2.27. The number of aromatic nitrogens is 2. The van der Waals surface area contributed by atoms with Crippen molar-refractivity contribution < 1.29 is 13.2 Å². The van der Waals surface area contributed by atoms with Crippen LogP contribution in [0.4, 0.5) is 11.4 Å². The molecule has 2 unspecified atom stereocenters. The minimum Gasteiger partial charge on any atom is -0.494 e. The quantitative estimate of drug-likeness (QED) is 0.504. The summed E-state index contributed by atoms with van der Waals surface area (Å²) in [5.74, 6) is 0.396. The van der Waals surface area contributed by atoms with Gasteiger partial charge in [0, 0.05) is 29.8 Å². The number of nitrogens with one attached hydrogen (secondary N) is 3. The smallest absolute Gasteiger partial charge is 0.229 e. The van der Waals surface area contributed by atoms with Gasteiger partial charge in [0.25, 0.3) is 0 Å². The van der Waals surface area contributed by atoms with Gasteiger partial charge in [-0.05, 0) is 48.6 Å². The lowest BCUT2D eigenvalue weighted by atomic mass is 10.0. The van der Waals surface area contributed by atoms with Gasteiger partial charge in [0.2, 0.25) is 10.0 Å². The van der Waals surface area contributed by atoms with E-state index < -0.39 is 10.0 Å². The zero-order valence-corrected chi connectivity index (χ0v) is 18.0. The van der Waals surface area contributed by atoms with Gasteiger partial charge in [-0.25, -0.2) is 8.42 Å². The van der Waals surface area contributed by atoms with E-state index >= 15 is 0 Å². The van der Waals surface area contributed by atoms with Crippen LogP contribution in [0.25, 0.3) is 0 Å². The molecule has 8 nitrogen and oxygen atoms in total. The molecule has 4 rings (SSSR count). The molecule has 156 valence electrons. The second-order valence-corrected chi connectivity index (χ2v) is 9.02. The topological polar surface area (TPSA) is 99.3 Å². The van der Waals surface area contributed by atoms with Gasteiger partial charge in [-0.1, -0.05) is 6.07 Å². The molecule has 1 aliphatic heterocycles. The van der Waals surface area contributed by atoms with Crippen molar-refractivity contribution in [3.8, 4) is 5.75 Å². The third kappa shape index (κ3) is 3.96. The number of anilines is 2. The summed E-state index contributed by atoms with van der Waals surface area (Å²) < 4.78 is 31.2. The molecular weight excluding hydrogens is 422 g/mol. The van der Waals surface area contributed by atoms with Gasteiger partial charge in [-0.3, -0.25) is 9.71 Å². The summed E-state index contributed by atoms with van der Waals surface area (Å²) in [4.78, 5) is 9.77. The van der Waals surface area contributed by atoms with Crippen molar-refractivity contribution in [1.82, 2.24) is 15.3 Å². The molecule has 3 N–H and O–H groups in total. The lowest BCUT2D eigenvalue weighted by Crippen LogP contribution is -2.29. The Labute approximate surface area is 180 Å². The largest absolute Gasteiger partial charge is 0.494 e. The Kier molecular flexibility index (Phi) is 5.35. The minimum absolute atomic E-state index is 0.169. The number of ether oxygens (including phenoxy) is 1. The zero-order valence-electron chi connectivity index (χ0n) is 16.4. The van der Waals surface area contributed by atoms with Gasteiger partial charge in [-0.15, -0.1) is 0 Å². The molecule has 2 atom stereocenters. The summed E-state index contributed by atoms with van der Waals surface area (Å²) in [6.07, 6.45) is 4.71. The number of methoxy groups -OCH3 is 1. The number of hydrogen-bond acceptors (Lipinski definition) is 5. The first-order valence-electron chi connectivity index (χ1n) is 9.17. The highest BCUT2D eigenvalue weighted by Gasteiger charge is 2.41. The van der Waals surface area contributed by atoms with Crippen LogP contribution in [0.5, 0.6) is 5.75 Å². The molecule has 1 fully saturated rings. The van der Waals surface area contributed by atoms with Crippen molar-refractivity contribution in [3.63, 3.8) is 0 Å². The minimum atomic E-state index is -3.44.